The average molecular weight is 277 g/mol. The monoisotopic (exact) mass is 276 g/mol. The van der Waals surface area contributed by atoms with Crippen LogP contribution in [-0.4, -0.2) is 0 Å². The molecule has 2 aromatic carbocycles. The number of aryl methyl sites for hydroxylation is 1. The van der Waals surface area contributed by atoms with Crippen LogP contribution in [0.15, 0.2) is 46.9 Å². The fraction of sp³-hybridized carbons (Fsp3) is 0.0769. The Kier molecular flexibility index (Phi) is 3.15. The molecule has 0 radical (unpaired) electrons. The van der Waals surface area contributed by atoms with Gasteiger partial charge < -0.3 is 11.1 Å². The predicted molar refractivity (Wildman–Crippen MR) is 73.0 cm³/mol. The van der Waals surface area contributed by atoms with Crippen LogP contribution in [0.5, 0.6) is 0 Å². The predicted octanol–water partition coefficient (Wildman–Crippen LogP) is 4.08. The Morgan fingerprint density at radius 1 is 1.06 bits per heavy atom. The number of hydrogen-bond donors (Lipinski definition) is 2. The van der Waals surface area contributed by atoms with Gasteiger partial charge in [-0.1, -0.05) is 18.2 Å². The van der Waals surface area contributed by atoms with Gasteiger partial charge in [0.15, 0.2) is 0 Å². The van der Waals surface area contributed by atoms with Crippen LogP contribution in [0.3, 0.4) is 0 Å². The van der Waals surface area contributed by atoms with Crippen LogP contribution in [0, 0.1) is 6.92 Å². The first-order valence-corrected chi connectivity index (χ1v) is 5.84. The van der Waals surface area contributed by atoms with Gasteiger partial charge in [-0.2, -0.15) is 0 Å². The van der Waals surface area contributed by atoms with Crippen molar-refractivity contribution in [2.24, 2.45) is 0 Å². The third kappa shape index (κ3) is 2.36. The van der Waals surface area contributed by atoms with E-state index in [1.807, 2.05) is 30.3 Å². The lowest BCUT2D eigenvalue weighted by molar-refractivity contribution is 1.43. The second-order valence-electron chi connectivity index (χ2n) is 3.70. The Morgan fingerprint density at radius 3 is 2.56 bits per heavy atom. The summed E-state index contributed by atoms with van der Waals surface area (Å²) in [6.07, 6.45) is 0. The second-order valence-corrected chi connectivity index (χ2v) is 4.55. The van der Waals surface area contributed by atoms with Crippen molar-refractivity contribution in [2.75, 3.05) is 11.1 Å². The molecule has 3 N–H and O–H groups in total. The van der Waals surface area contributed by atoms with E-state index in [0.29, 0.717) is 0 Å². The van der Waals surface area contributed by atoms with Crippen molar-refractivity contribution in [3.8, 4) is 0 Å². The van der Waals surface area contributed by atoms with E-state index in [1.165, 1.54) is 5.56 Å². The minimum Gasteiger partial charge on any atom is -0.397 e. The Hall–Kier alpha value is -1.48. The number of nitrogens with one attached hydrogen (secondary N) is 1. The van der Waals surface area contributed by atoms with Crippen molar-refractivity contribution >= 4 is 33.0 Å². The Balaban J connectivity index is 2.34. The van der Waals surface area contributed by atoms with Gasteiger partial charge in [0.05, 0.1) is 17.1 Å². The van der Waals surface area contributed by atoms with E-state index < -0.39 is 0 Å². The lowest BCUT2D eigenvalue weighted by Gasteiger charge is -2.11. The van der Waals surface area contributed by atoms with Gasteiger partial charge >= 0.3 is 0 Å². The number of benzene rings is 2. The van der Waals surface area contributed by atoms with E-state index in [9.17, 15) is 0 Å². The Labute approximate surface area is 104 Å². The number of rotatable bonds is 2. The van der Waals surface area contributed by atoms with Crippen molar-refractivity contribution in [1.29, 1.82) is 0 Å². The lowest BCUT2D eigenvalue weighted by Crippen LogP contribution is -1.96. The van der Waals surface area contributed by atoms with E-state index in [4.69, 9.17) is 5.73 Å². The molecular formula is C13H13BrN2. The molecule has 0 aromatic heterocycles. The molecule has 0 amide bonds. The standard InChI is InChI=1S/C13H13BrN2/c1-9-6-7-10(14)13(8-9)16-12-5-3-2-4-11(12)15/h2-8,16H,15H2,1H3. The van der Waals surface area contributed by atoms with Gasteiger partial charge in [-0.15, -0.1) is 0 Å². The number of anilines is 3. The van der Waals surface area contributed by atoms with Crippen molar-refractivity contribution in [2.45, 2.75) is 6.92 Å². The molecule has 0 aliphatic carbocycles. The largest absolute Gasteiger partial charge is 0.397 e. The molecule has 0 aliphatic heterocycles. The molecule has 2 rings (SSSR count). The van der Waals surface area contributed by atoms with E-state index in [0.717, 1.165) is 21.5 Å². The van der Waals surface area contributed by atoms with Crippen molar-refractivity contribution in [3.05, 3.63) is 52.5 Å². The highest BCUT2D eigenvalue weighted by Crippen LogP contribution is 2.29. The summed E-state index contributed by atoms with van der Waals surface area (Å²) in [6.45, 7) is 2.06. The maximum Gasteiger partial charge on any atom is 0.0618 e. The van der Waals surface area contributed by atoms with E-state index >= 15 is 0 Å². The quantitative estimate of drug-likeness (QED) is 0.811. The van der Waals surface area contributed by atoms with Gasteiger partial charge in [-0.25, -0.2) is 0 Å². The Bertz CT molecular complexity index is 509. The molecular weight excluding hydrogens is 264 g/mol. The molecule has 0 fully saturated rings. The van der Waals surface area contributed by atoms with Crippen LogP contribution in [0.1, 0.15) is 5.56 Å². The van der Waals surface area contributed by atoms with Gasteiger partial charge in [0.25, 0.3) is 0 Å². The number of para-hydroxylation sites is 2. The SMILES string of the molecule is Cc1ccc(Br)c(Nc2ccccc2N)c1. The summed E-state index contributed by atoms with van der Waals surface area (Å²) in [5, 5.41) is 3.31. The van der Waals surface area contributed by atoms with Crippen molar-refractivity contribution < 1.29 is 0 Å². The molecule has 0 saturated carbocycles. The zero-order valence-electron chi connectivity index (χ0n) is 9.00. The van der Waals surface area contributed by atoms with Crippen LogP contribution in [0.4, 0.5) is 17.1 Å². The smallest absolute Gasteiger partial charge is 0.0618 e. The molecule has 0 unspecified atom stereocenters. The summed E-state index contributed by atoms with van der Waals surface area (Å²) in [5.74, 6) is 0. The molecule has 0 heterocycles. The molecule has 0 spiro atoms. The van der Waals surface area contributed by atoms with Crippen LogP contribution < -0.4 is 11.1 Å². The number of halogens is 1. The number of nitrogens with two attached hydrogens (primary N) is 1. The van der Waals surface area contributed by atoms with Gasteiger partial charge in [0, 0.05) is 4.47 Å². The third-order valence-corrected chi connectivity index (χ3v) is 3.04. The highest BCUT2D eigenvalue weighted by molar-refractivity contribution is 9.10. The molecule has 0 aliphatic rings. The molecule has 82 valence electrons. The molecule has 0 saturated heterocycles. The molecule has 2 nitrogen and oxygen atoms in total. The van der Waals surface area contributed by atoms with Crippen LogP contribution >= 0.6 is 15.9 Å². The lowest BCUT2D eigenvalue weighted by atomic mass is 10.2. The molecule has 16 heavy (non-hydrogen) atoms. The van der Waals surface area contributed by atoms with Gasteiger partial charge in [0.2, 0.25) is 0 Å². The minimum atomic E-state index is 0.746. The summed E-state index contributed by atoms with van der Waals surface area (Å²) >= 11 is 3.51. The molecule has 3 heteroatoms. The maximum atomic E-state index is 5.88. The summed E-state index contributed by atoms with van der Waals surface area (Å²) in [7, 11) is 0. The fourth-order valence-corrected chi connectivity index (χ4v) is 1.84. The molecule has 2 aromatic rings. The number of hydrogen-bond acceptors (Lipinski definition) is 2. The highest BCUT2D eigenvalue weighted by Gasteiger charge is 2.02. The average Bonchev–Trinajstić information content (AvgIpc) is 2.27. The first-order chi connectivity index (χ1) is 7.66. The van der Waals surface area contributed by atoms with Crippen molar-refractivity contribution in [1.82, 2.24) is 0 Å². The second kappa shape index (κ2) is 4.58. The molecule has 0 atom stereocenters. The summed E-state index contributed by atoms with van der Waals surface area (Å²) in [4.78, 5) is 0. The number of nitrogen functional groups attached to an aromatic ring is 1. The third-order valence-electron chi connectivity index (χ3n) is 2.35. The summed E-state index contributed by atoms with van der Waals surface area (Å²) in [6, 6.07) is 13.9. The summed E-state index contributed by atoms with van der Waals surface area (Å²) in [5.41, 5.74) is 9.78. The highest BCUT2D eigenvalue weighted by atomic mass is 79.9. The topological polar surface area (TPSA) is 38.0 Å². The first kappa shape index (κ1) is 11.0. The van der Waals surface area contributed by atoms with Gasteiger partial charge in [-0.05, 0) is 52.7 Å². The Morgan fingerprint density at radius 2 is 1.81 bits per heavy atom. The minimum absolute atomic E-state index is 0.746. The van der Waals surface area contributed by atoms with Crippen LogP contribution in [-0.2, 0) is 0 Å². The van der Waals surface area contributed by atoms with Crippen LogP contribution in [0.25, 0.3) is 0 Å². The summed E-state index contributed by atoms with van der Waals surface area (Å²) < 4.78 is 1.03. The van der Waals surface area contributed by atoms with E-state index in [-0.39, 0.29) is 0 Å². The zero-order valence-corrected chi connectivity index (χ0v) is 10.6. The van der Waals surface area contributed by atoms with Crippen molar-refractivity contribution in [3.63, 3.8) is 0 Å². The first-order valence-electron chi connectivity index (χ1n) is 5.04. The maximum absolute atomic E-state index is 5.88. The van der Waals surface area contributed by atoms with E-state index in [1.54, 1.807) is 0 Å². The van der Waals surface area contributed by atoms with Gasteiger partial charge in [0.1, 0.15) is 0 Å². The van der Waals surface area contributed by atoms with E-state index in [2.05, 4.69) is 40.3 Å². The molecule has 0 bridgehead atoms. The normalized spacial score (nSPS) is 10.1. The van der Waals surface area contributed by atoms with Gasteiger partial charge in [-0.3, -0.25) is 0 Å². The fourth-order valence-electron chi connectivity index (χ4n) is 1.49. The zero-order chi connectivity index (χ0) is 11.5. The van der Waals surface area contributed by atoms with Crippen LogP contribution in [0.2, 0.25) is 0 Å².